The van der Waals surface area contributed by atoms with Crippen LogP contribution < -0.4 is 0 Å². The van der Waals surface area contributed by atoms with Gasteiger partial charge in [0.25, 0.3) is 0 Å². The summed E-state index contributed by atoms with van der Waals surface area (Å²) in [5.41, 5.74) is 11.5. The van der Waals surface area contributed by atoms with Gasteiger partial charge in [-0.3, -0.25) is 0 Å². The van der Waals surface area contributed by atoms with Crippen molar-refractivity contribution in [2.45, 2.75) is 0 Å². The highest BCUT2D eigenvalue weighted by Gasteiger charge is 2.22. The first-order valence-electron chi connectivity index (χ1n) is 19.2. The van der Waals surface area contributed by atoms with Gasteiger partial charge in [0.1, 0.15) is 11.2 Å². The molecule has 264 valence electrons. The summed E-state index contributed by atoms with van der Waals surface area (Å²) in [6.07, 6.45) is 0. The Morgan fingerprint density at radius 3 is 1.86 bits per heavy atom. The van der Waals surface area contributed by atoms with Crippen molar-refractivity contribution >= 4 is 81.8 Å². The Kier molecular flexibility index (Phi) is 6.07. The second-order valence-corrected chi connectivity index (χ2v) is 14.8. The van der Waals surface area contributed by atoms with Crippen LogP contribution in [-0.2, 0) is 0 Å². The van der Waals surface area contributed by atoms with Gasteiger partial charge in [0.2, 0.25) is 0 Å². The van der Waals surface area contributed by atoms with Crippen LogP contribution in [0, 0.1) is 0 Å². The minimum atomic E-state index is 0.607. The van der Waals surface area contributed by atoms with E-state index >= 15 is 0 Å². The molecule has 13 aromatic rings. The zero-order chi connectivity index (χ0) is 37.2. The largest absolute Gasteiger partial charge is 0.456 e. The molecule has 13 rings (SSSR count). The van der Waals surface area contributed by atoms with E-state index in [1.165, 1.54) is 38.1 Å². The minimum absolute atomic E-state index is 0.607. The van der Waals surface area contributed by atoms with Crippen LogP contribution >= 0.6 is 0 Å². The second kappa shape index (κ2) is 11.4. The number of hydrogen-bond donors (Lipinski definition) is 0. The third kappa shape index (κ3) is 4.26. The molecule has 0 atom stereocenters. The predicted octanol–water partition coefficient (Wildman–Crippen LogP) is 13.0. The van der Waals surface area contributed by atoms with Crippen molar-refractivity contribution in [1.29, 1.82) is 0 Å². The van der Waals surface area contributed by atoms with Gasteiger partial charge < -0.3 is 13.4 Å². The Balaban J connectivity index is 1.06. The average molecular weight is 728 g/mol. The zero-order valence-electron chi connectivity index (χ0n) is 30.4. The lowest BCUT2D eigenvalue weighted by Crippen LogP contribution is -2.00. The second-order valence-electron chi connectivity index (χ2n) is 14.8. The van der Waals surface area contributed by atoms with Crippen LogP contribution in [-0.4, -0.2) is 23.9 Å². The van der Waals surface area contributed by atoms with Crippen LogP contribution in [0.15, 0.2) is 180 Å². The van der Waals surface area contributed by atoms with Crippen molar-refractivity contribution in [1.82, 2.24) is 23.9 Å². The molecule has 6 heteroatoms. The quantitative estimate of drug-likeness (QED) is 0.181. The number of rotatable bonds is 4. The SMILES string of the molecule is c1ccc(-c2nc(-c3ccc4oc5ccccc5c4c3)nc(-c3cccc4c3c3ccccc3n4-c3ccc4c5cccc6c7ccccc7n(c4c3)c65)n2)cc1. The molecule has 0 aliphatic carbocycles. The molecular formula is C51H29N5O. The molecule has 0 amide bonds. The maximum atomic E-state index is 6.17. The molecule has 5 heterocycles. The molecule has 8 aromatic carbocycles. The molecule has 5 aromatic heterocycles. The van der Waals surface area contributed by atoms with Crippen molar-refractivity contribution < 1.29 is 4.42 Å². The summed E-state index contributed by atoms with van der Waals surface area (Å²) in [6.45, 7) is 0. The maximum Gasteiger partial charge on any atom is 0.164 e. The first-order valence-corrected chi connectivity index (χ1v) is 19.2. The fourth-order valence-corrected chi connectivity index (χ4v) is 9.25. The van der Waals surface area contributed by atoms with E-state index in [1.54, 1.807) is 0 Å². The summed E-state index contributed by atoms with van der Waals surface area (Å²) in [6, 6.07) is 61.9. The van der Waals surface area contributed by atoms with E-state index in [2.05, 4.69) is 136 Å². The topological polar surface area (TPSA) is 61.2 Å². The van der Waals surface area contributed by atoms with E-state index in [9.17, 15) is 0 Å². The van der Waals surface area contributed by atoms with Crippen molar-refractivity contribution in [3.63, 3.8) is 0 Å². The fraction of sp³-hybridized carbons (Fsp3) is 0. The van der Waals surface area contributed by atoms with Gasteiger partial charge in [-0.05, 0) is 54.6 Å². The summed E-state index contributed by atoms with van der Waals surface area (Å²) in [4.78, 5) is 15.6. The molecule has 0 aliphatic rings. The van der Waals surface area contributed by atoms with E-state index < -0.39 is 0 Å². The molecule has 57 heavy (non-hydrogen) atoms. The maximum absolute atomic E-state index is 6.17. The average Bonchev–Trinajstić information content (AvgIpc) is 4.02. The summed E-state index contributed by atoms with van der Waals surface area (Å²) >= 11 is 0. The molecule has 0 radical (unpaired) electrons. The summed E-state index contributed by atoms with van der Waals surface area (Å²) in [5.74, 6) is 1.85. The molecule has 0 saturated carbocycles. The van der Waals surface area contributed by atoms with E-state index in [0.29, 0.717) is 17.5 Å². The summed E-state index contributed by atoms with van der Waals surface area (Å²) < 4.78 is 11.0. The Labute approximate surface area is 324 Å². The smallest absolute Gasteiger partial charge is 0.164 e. The van der Waals surface area contributed by atoms with Gasteiger partial charge in [-0.2, -0.15) is 0 Å². The van der Waals surface area contributed by atoms with Gasteiger partial charge in [0, 0.05) is 65.5 Å². The van der Waals surface area contributed by atoms with Crippen LogP contribution in [0.4, 0.5) is 0 Å². The van der Waals surface area contributed by atoms with Crippen LogP contribution in [0.5, 0.6) is 0 Å². The van der Waals surface area contributed by atoms with Gasteiger partial charge in [0.05, 0.1) is 27.6 Å². The highest BCUT2D eigenvalue weighted by molar-refractivity contribution is 6.23. The molecule has 0 N–H and O–H groups in total. The lowest BCUT2D eigenvalue weighted by molar-refractivity contribution is 0.669. The molecule has 0 aliphatic heterocycles. The van der Waals surface area contributed by atoms with Crippen LogP contribution in [0.2, 0.25) is 0 Å². The molecule has 0 unspecified atom stereocenters. The Morgan fingerprint density at radius 1 is 0.368 bits per heavy atom. The fourth-order valence-electron chi connectivity index (χ4n) is 9.25. The Morgan fingerprint density at radius 2 is 1.00 bits per heavy atom. The van der Waals surface area contributed by atoms with Crippen molar-refractivity contribution in [2.75, 3.05) is 0 Å². The number of furan rings is 1. The lowest BCUT2D eigenvalue weighted by Gasteiger charge is -2.11. The number of benzene rings is 8. The first-order chi connectivity index (χ1) is 28.3. The number of para-hydroxylation sites is 4. The third-order valence-electron chi connectivity index (χ3n) is 11.7. The highest BCUT2D eigenvalue weighted by Crippen LogP contribution is 2.42. The zero-order valence-corrected chi connectivity index (χ0v) is 30.4. The van der Waals surface area contributed by atoms with Crippen LogP contribution in [0.1, 0.15) is 0 Å². The standard InChI is InChI=1S/C51H29N5O/c1-2-12-30(13-3-1)49-52-50(31-24-27-46-40(28-31)35-15-6-9-23-45(35)57-46)54-51(53-49)39-19-11-22-43-47(39)38-16-5-8-21-42(38)55(43)32-25-26-34-37-18-10-17-36-33-14-4-7-20-41(33)56(48(36)37)44(34)29-32/h1-29H. The van der Waals surface area contributed by atoms with Gasteiger partial charge in [0.15, 0.2) is 17.5 Å². The van der Waals surface area contributed by atoms with E-state index in [-0.39, 0.29) is 0 Å². The van der Waals surface area contributed by atoms with Gasteiger partial charge in [-0.15, -0.1) is 0 Å². The summed E-state index contributed by atoms with van der Waals surface area (Å²) in [5, 5.41) is 9.41. The third-order valence-corrected chi connectivity index (χ3v) is 11.7. The van der Waals surface area contributed by atoms with E-state index in [1.807, 2.05) is 48.5 Å². The normalized spacial score (nSPS) is 12.2. The van der Waals surface area contributed by atoms with Crippen molar-refractivity contribution in [3.8, 4) is 39.9 Å². The molecular weight excluding hydrogens is 699 g/mol. The van der Waals surface area contributed by atoms with Gasteiger partial charge in [-0.25, -0.2) is 15.0 Å². The number of fused-ring (bicyclic) bond motifs is 12. The van der Waals surface area contributed by atoms with E-state index in [4.69, 9.17) is 19.4 Å². The first kappa shape index (κ1) is 30.5. The number of hydrogen-bond acceptors (Lipinski definition) is 4. The van der Waals surface area contributed by atoms with Crippen molar-refractivity contribution in [2.24, 2.45) is 0 Å². The van der Waals surface area contributed by atoms with Crippen LogP contribution in [0.25, 0.3) is 122 Å². The molecule has 0 spiro atoms. The Hall–Kier alpha value is -7.83. The van der Waals surface area contributed by atoms with Crippen LogP contribution in [0.3, 0.4) is 0 Å². The van der Waals surface area contributed by atoms with E-state index in [0.717, 1.165) is 66.1 Å². The summed E-state index contributed by atoms with van der Waals surface area (Å²) in [7, 11) is 0. The molecule has 0 bridgehead atoms. The molecule has 6 nitrogen and oxygen atoms in total. The minimum Gasteiger partial charge on any atom is -0.456 e. The van der Waals surface area contributed by atoms with Gasteiger partial charge >= 0.3 is 0 Å². The molecule has 0 fully saturated rings. The number of nitrogens with zero attached hydrogens (tertiary/aromatic N) is 5. The highest BCUT2D eigenvalue weighted by atomic mass is 16.3. The van der Waals surface area contributed by atoms with Crippen molar-refractivity contribution in [3.05, 3.63) is 176 Å². The predicted molar refractivity (Wildman–Crippen MR) is 232 cm³/mol. The monoisotopic (exact) mass is 727 g/mol. The number of aromatic nitrogens is 5. The Bertz CT molecular complexity index is 3760. The lowest BCUT2D eigenvalue weighted by atomic mass is 10.0. The molecule has 0 saturated heterocycles. The van der Waals surface area contributed by atoms with Gasteiger partial charge in [-0.1, -0.05) is 121 Å².